The Bertz CT molecular complexity index is 179. The molecule has 0 amide bonds. The number of aliphatic carboxylic acids is 2. The van der Waals surface area contributed by atoms with E-state index in [4.69, 9.17) is 15.9 Å². The summed E-state index contributed by atoms with van der Waals surface area (Å²) >= 11 is 0. The highest BCUT2D eigenvalue weighted by Crippen LogP contribution is 2.06. The van der Waals surface area contributed by atoms with E-state index in [-0.39, 0.29) is 31.3 Å². The maximum Gasteiger partial charge on any atom is 0.303 e. The maximum atomic E-state index is 10.2. The quantitative estimate of drug-likeness (QED) is 0.592. The molecule has 15 heavy (non-hydrogen) atoms. The fourth-order valence-electron chi connectivity index (χ4n) is 1.18. The number of rotatable bonds is 8. The molecule has 0 aliphatic heterocycles. The van der Waals surface area contributed by atoms with Gasteiger partial charge in [0.1, 0.15) is 0 Å². The van der Waals surface area contributed by atoms with Crippen LogP contribution in [0.2, 0.25) is 0 Å². The molecule has 0 unspecified atom stereocenters. The molecule has 0 radical (unpaired) electrons. The molecule has 4 N–H and O–H groups in total. The van der Waals surface area contributed by atoms with Crippen LogP contribution in [0.15, 0.2) is 0 Å². The Hall–Kier alpha value is -0.810. The van der Waals surface area contributed by atoms with E-state index in [9.17, 15) is 9.59 Å². The summed E-state index contributed by atoms with van der Waals surface area (Å²) in [5.41, 5.74) is 5.66. The monoisotopic (exact) mass is 239 g/mol. The van der Waals surface area contributed by atoms with Gasteiger partial charge in [-0.05, 0) is 25.7 Å². The predicted octanol–water partition coefficient (Wildman–Crippen LogP) is 1.25. The molecule has 0 atom stereocenters. The van der Waals surface area contributed by atoms with Crippen LogP contribution in [-0.4, -0.2) is 28.2 Å². The molecule has 0 spiro atoms. The molecule has 0 bridgehead atoms. The minimum absolute atomic E-state index is 0. The molecular weight excluding hydrogens is 222 g/mol. The van der Waals surface area contributed by atoms with Crippen LogP contribution in [0.4, 0.5) is 0 Å². The van der Waals surface area contributed by atoms with Crippen molar-refractivity contribution in [3.63, 3.8) is 0 Å². The third-order valence-electron chi connectivity index (χ3n) is 1.93. The molecule has 0 heterocycles. The molecule has 0 saturated carbocycles. The van der Waals surface area contributed by atoms with Gasteiger partial charge < -0.3 is 15.9 Å². The molecular formula is C9H18ClNO4. The minimum atomic E-state index is -0.817. The average molecular weight is 240 g/mol. The van der Waals surface area contributed by atoms with Crippen molar-refractivity contribution in [3.05, 3.63) is 0 Å². The largest absolute Gasteiger partial charge is 0.481 e. The van der Waals surface area contributed by atoms with Crippen molar-refractivity contribution in [3.8, 4) is 0 Å². The first-order valence-corrected chi connectivity index (χ1v) is 4.71. The second-order valence-corrected chi connectivity index (χ2v) is 3.33. The van der Waals surface area contributed by atoms with Crippen molar-refractivity contribution in [2.45, 2.75) is 44.6 Å². The predicted molar refractivity (Wildman–Crippen MR) is 58.2 cm³/mol. The van der Waals surface area contributed by atoms with Crippen LogP contribution in [0.5, 0.6) is 0 Å². The van der Waals surface area contributed by atoms with E-state index < -0.39 is 11.9 Å². The van der Waals surface area contributed by atoms with E-state index in [1.165, 1.54) is 0 Å². The number of carboxylic acids is 2. The van der Waals surface area contributed by atoms with Crippen molar-refractivity contribution in [2.24, 2.45) is 5.73 Å². The van der Waals surface area contributed by atoms with E-state index >= 15 is 0 Å². The lowest BCUT2D eigenvalue weighted by Crippen LogP contribution is -2.20. The molecule has 6 heteroatoms. The van der Waals surface area contributed by atoms with Crippen LogP contribution in [0.25, 0.3) is 0 Å². The van der Waals surface area contributed by atoms with Crippen LogP contribution in [0.1, 0.15) is 38.5 Å². The first-order chi connectivity index (χ1) is 6.52. The molecule has 0 aliphatic rings. The van der Waals surface area contributed by atoms with Gasteiger partial charge in [0, 0.05) is 18.9 Å². The normalized spacial score (nSPS) is 9.73. The number of halogens is 1. The standard InChI is InChI=1S/C9H17NO4.ClH/c10-7(3-1-5-8(11)12)4-2-6-9(13)14;/h7H,1-6,10H2,(H,11,12)(H,13,14);1H. The Morgan fingerprint density at radius 1 is 1.00 bits per heavy atom. The van der Waals surface area contributed by atoms with Crippen molar-refractivity contribution >= 4 is 24.3 Å². The van der Waals surface area contributed by atoms with Gasteiger partial charge in [-0.2, -0.15) is 0 Å². The van der Waals surface area contributed by atoms with E-state index in [0.717, 1.165) is 0 Å². The summed E-state index contributed by atoms with van der Waals surface area (Å²) < 4.78 is 0. The summed E-state index contributed by atoms with van der Waals surface area (Å²) in [6, 6.07) is -0.0753. The molecule has 0 aliphatic carbocycles. The summed E-state index contributed by atoms with van der Waals surface area (Å²) in [6.07, 6.45) is 2.67. The van der Waals surface area contributed by atoms with Crippen LogP contribution >= 0.6 is 12.4 Å². The van der Waals surface area contributed by atoms with E-state index in [1.54, 1.807) is 0 Å². The average Bonchev–Trinajstić information content (AvgIpc) is 2.02. The SMILES string of the molecule is Cl.NC(CCCC(=O)O)CCCC(=O)O. The van der Waals surface area contributed by atoms with Gasteiger partial charge in [0.2, 0.25) is 0 Å². The molecule has 90 valence electrons. The Morgan fingerprint density at radius 3 is 1.60 bits per heavy atom. The summed E-state index contributed by atoms with van der Waals surface area (Å²) in [6.45, 7) is 0. The van der Waals surface area contributed by atoms with Crippen molar-refractivity contribution in [2.75, 3.05) is 0 Å². The summed E-state index contributed by atoms with van der Waals surface area (Å²) in [7, 11) is 0. The highest BCUT2D eigenvalue weighted by Gasteiger charge is 2.05. The van der Waals surface area contributed by atoms with Gasteiger partial charge in [-0.3, -0.25) is 9.59 Å². The second-order valence-electron chi connectivity index (χ2n) is 3.33. The maximum absolute atomic E-state index is 10.2. The third kappa shape index (κ3) is 13.2. The zero-order chi connectivity index (χ0) is 11.0. The lowest BCUT2D eigenvalue weighted by atomic mass is 10.0. The van der Waals surface area contributed by atoms with Gasteiger partial charge in [-0.15, -0.1) is 12.4 Å². The van der Waals surface area contributed by atoms with Crippen molar-refractivity contribution < 1.29 is 19.8 Å². The molecule has 0 fully saturated rings. The number of hydrogen-bond acceptors (Lipinski definition) is 3. The second kappa shape index (κ2) is 9.73. The van der Waals surface area contributed by atoms with Gasteiger partial charge >= 0.3 is 11.9 Å². The molecule has 5 nitrogen and oxygen atoms in total. The van der Waals surface area contributed by atoms with Gasteiger partial charge in [-0.25, -0.2) is 0 Å². The van der Waals surface area contributed by atoms with Crippen LogP contribution in [0, 0.1) is 0 Å². The number of carboxylic acid groups (broad SMARTS) is 2. The van der Waals surface area contributed by atoms with E-state index in [2.05, 4.69) is 0 Å². The highest BCUT2D eigenvalue weighted by atomic mass is 35.5. The Balaban J connectivity index is 0. The summed E-state index contributed by atoms with van der Waals surface area (Å²) in [5, 5.41) is 16.7. The Labute approximate surface area is 95.1 Å². The number of carbonyl (C=O) groups is 2. The first kappa shape index (κ1) is 16.6. The van der Waals surface area contributed by atoms with Crippen molar-refractivity contribution in [1.29, 1.82) is 0 Å². The summed E-state index contributed by atoms with van der Waals surface area (Å²) in [4.78, 5) is 20.3. The molecule has 0 rings (SSSR count). The first-order valence-electron chi connectivity index (χ1n) is 4.71. The van der Waals surface area contributed by atoms with E-state index in [0.29, 0.717) is 25.7 Å². The van der Waals surface area contributed by atoms with Crippen LogP contribution in [0.3, 0.4) is 0 Å². The number of nitrogens with two attached hydrogens (primary N) is 1. The van der Waals surface area contributed by atoms with E-state index in [1.807, 2.05) is 0 Å². The fraction of sp³-hybridized carbons (Fsp3) is 0.778. The Kier molecular flexibility index (Phi) is 10.8. The lowest BCUT2D eigenvalue weighted by molar-refractivity contribution is -0.138. The lowest BCUT2D eigenvalue weighted by Gasteiger charge is -2.09. The number of hydrogen-bond donors (Lipinski definition) is 3. The van der Waals surface area contributed by atoms with Gasteiger partial charge in [0.25, 0.3) is 0 Å². The fourth-order valence-corrected chi connectivity index (χ4v) is 1.18. The molecule has 0 aromatic heterocycles. The zero-order valence-corrected chi connectivity index (χ0v) is 9.33. The van der Waals surface area contributed by atoms with Crippen LogP contribution in [-0.2, 0) is 9.59 Å². The topological polar surface area (TPSA) is 101 Å². The Morgan fingerprint density at radius 2 is 1.33 bits per heavy atom. The molecule has 0 aromatic carbocycles. The van der Waals surface area contributed by atoms with Gasteiger partial charge in [0.15, 0.2) is 0 Å². The zero-order valence-electron chi connectivity index (χ0n) is 8.52. The van der Waals surface area contributed by atoms with Crippen molar-refractivity contribution in [1.82, 2.24) is 0 Å². The summed E-state index contributed by atoms with van der Waals surface area (Å²) in [5.74, 6) is -1.63. The molecule has 0 aromatic rings. The minimum Gasteiger partial charge on any atom is -0.481 e. The van der Waals surface area contributed by atoms with Gasteiger partial charge in [0.05, 0.1) is 0 Å². The van der Waals surface area contributed by atoms with Gasteiger partial charge in [-0.1, -0.05) is 0 Å². The molecule has 0 saturated heterocycles. The highest BCUT2D eigenvalue weighted by molar-refractivity contribution is 5.85. The third-order valence-corrected chi connectivity index (χ3v) is 1.93. The smallest absolute Gasteiger partial charge is 0.303 e. The van der Waals surface area contributed by atoms with Crippen LogP contribution < -0.4 is 5.73 Å².